The lowest BCUT2D eigenvalue weighted by Gasteiger charge is -2.16. The number of ether oxygens (including phenoxy) is 1. The number of hydrogen-bond acceptors (Lipinski definition) is 2. The van der Waals surface area contributed by atoms with Crippen molar-refractivity contribution >= 4 is 6.29 Å². The summed E-state index contributed by atoms with van der Waals surface area (Å²) in [6, 6.07) is 15.4. The van der Waals surface area contributed by atoms with Crippen molar-refractivity contribution in [1.82, 2.24) is 0 Å². The molecule has 0 atom stereocenters. The molecule has 2 rings (SSSR count). The van der Waals surface area contributed by atoms with Crippen molar-refractivity contribution in [3.8, 4) is 16.9 Å². The molecule has 18 heavy (non-hydrogen) atoms. The van der Waals surface area contributed by atoms with Gasteiger partial charge in [-0.1, -0.05) is 42.5 Å². The van der Waals surface area contributed by atoms with Crippen molar-refractivity contribution in [2.75, 3.05) is 0 Å². The van der Waals surface area contributed by atoms with Crippen LogP contribution in [0.2, 0.25) is 0 Å². The van der Waals surface area contributed by atoms with Crippen LogP contribution in [-0.4, -0.2) is 12.4 Å². The molecule has 0 aliphatic rings. The molecular weight excluding hydrogens is 224 g/mol. The first-order valence-electron chi connectivity index (χ1n) is 5.95. The Balaban J connectivity index is 2.56. The highest BCUT2D eigenvalue weighted by molar-refractivity contribution is 5.86. The summed E-state index contributed by atoms with van der Waals surface area (Å²) in [5.74, 6) is 0.605. The second-order valence-corrected chi connectivity index (χ2v) is 4.32. The van der Waals surface area contributed by atoms with E-state index in [4.69, 9.17) is 4.74 Å². The van der Waals surface area contributed by atoms with E-state index < -0.39 is 0 Å². The van der Waals surface area contributed by atoms with E-state index in [2.05, 4.69) is 0 Å². The predicted octanol–water partition coefficient (Wildman–Crippen LogP) is 3.60. The van der Waals surface area contributed by atoms with E-state index in [0.717, 1.165) is 11.1 Å². The lowest BCUT2D eigenvalue weighted by atomic mass is 10.0. The number of rotatable bonds is 4. The molecule has 0 fully saturated rings. The molecule has 2 aromatic carbocycles. The highest BCUT2D eigenvalue weighted by Crippen LogP contribution is 2.33. The Bertz CT molecular complexity index is 530. The van der Waals surface area contributed by atoms with Crippen LogP contribution in [0.1, 0.15) is 19.4 Å². The lowest BCUT2D eigenvalue weighted by Crippen LogP contribution is -2.08. The monoisotopic (exact) mass is 239 g/mol. The number of benzene rings is 2. The second-order valence-electron chi connectivity index (χ2n) is 4.32. The molecule has 0 saturated carbocycles. The zero-order valence-electron chi connectivity index (χ0n) is 10.5. The van der Waals surface area contributed by atoms with E-state index in [0.29, 0.717) is 11.3 Å². The molecule has 91 valence electrons. The third kappa shape index (κ3) is 2.59. The summed E-state index contributed by atoms with van der Waals surface area (Å²) >= 11 is 0. The number of carbonyl (C=O) groups excluding carboxylic acids is 1. The molecule has 2 nitrogen and oxygen atoms in total. The highest BCUT2D eigenvalue weighted by atomic mass is 16.5. The van der Waals surface area contributed by atoms with E-state index in [-0.39, 0.29) is 6.10 Å². The van der Waals surface area contributed by atoms with E-state index in [1.54, 1.807) is 6.07 Å². The first kappa shape index (κ1) is 12.4. The Morgan fingerprint density at radius 3 is 2.33 bits per heavy atom. The normalized spacial score (nSPS) is 10.4. The topological polar surface area (TPSA) is 26.3 Å². The molecule has 0 aromatic heterocycles. The zero-order chi connectivity index (χ0) is 13.0. The van der Waals surface area contributed by atoms with E-state index in [1.807, 2.05) is 62.6 Å². The SMILES string of the molecule is CC(C)Oc1c([C]=O)cccc1-c1ccccc1. The number of hydrogen-bond donors (Lipinski definition) is 0. The summed E-state index contributed by atoms with van der Waals surface area (Å²) in [6.45, 7) is 3.88. The summed E-state index contributed by atoms with van der Waals surface area (Å²) in [5.41, 5.74) is 2.42. The van der Waals surface area contributed by atoms with Crippen molar-refractivity contribution < 1.29 is 9.53 Å². The summed E-state index contributed by atoms with van der Waals surface area (Å²) in [6.07, 6.45) is 1.95. The maximum absolute atomic E-state index is 11.0. The fourth-order valence-corrected chi connectivity index (χ4v) is 1.83. The van der Waals surface area contributed by atoms with Gasteiger partial charge in [0, 0.05) is 5.56 Å². The van der Waals surface area contributed by atoms with Crippen LogP contribution >= 0.6 is 0 Å². The first-order chi connectivity index (χ1) is 8.72. The third-order valence-electron chi connectivity index (χ3n) is 2.56. The summed E-state index contributed by atoms with van der Waals surface area (Å²) in [4.78, 5) is 11.0. The lowest BCUT2D eigenvalue weighted by molar-refractivity contribution is 0.243. The van der Waals surface area contributed by atoms with Gasteiger partial charge in [-0.15, -0.1) is 0 Å². The molecule has 0 N–H and O–H groups in total. The quantitative estimate of drug-likeness (QED) is 0.814. The molecule has 0 aliphatic carbocycles. The van der Waals surface area contributed by atoms with Crippen molar-refractivity contribution in [2.45, 2.75) is 20.0 Å². The Labute approximate surface area is 107 Å². The van der Waals surface area contributed by atoms with Crippen LogP contribution in [-0.2, 0) is 4.79 Å². The maximum Gasteiger partial charge on any atom is 0.237 e. The fraction of sp³-hybridized carbons (Fsp3) is 0.188. The molecule has 0 bridgehead atoms. The van der Waals surface area contributed by atoms with Gasteiger partial charge >= 0.3 is 0 Å². The van der Waals surface area contributed by atoms with Gasteiger partial charge in [0.05, 0.1) is 11.7 Å². The molecule has 0 spiro atoms. The van der Waals surface area contributed by atoms with Gasteiger partial charge in [0.25, 0.3) is 0 Å². The molecule has 2 heteroatoms. The average molecular weight is 239 g/mol. The fourth-order valence-electron chi connectivity index (χ4n) is 1.83. The van der Waals surface area contributed by atoms with E-state index >= 15 is 0 Å². The number of para-hydroxylation sites is 1. The van der Waals surface area contributed by atoms with Crippen LogP contribution in [0.3, 0.4) is 0 Å². The van der Waals surface area contributed by atoms with Gasteiger partial charge in [0.2, 0.25) is 6.29 Å². The van der Waals surface area contributed by atoms with Gasteiger partial charge in [0.15, 0.2) is 0 Å². The molecule has 2 aromatic rings. The minimum Gasteiger partial charge on any atom is -0.490 e. The minimum absolute atomic E-state index is 0.0157. The van der Waals surface area contributed by atoms with Crippen molar-refractivity contribution in [3.63, 3.8) is 0 Å². The van der Waals surface area contributed by atoms with Gasteiger partial charge in [-0.3, -0.25) is 4.79 Å². The second kappa shape index (κ2) is 5.50. The van der Waals surface area contributed by atoms with Crippen LogP contribution in [0.5, 0.6) is 5.75 Å². The Hall–Kier alpha value is -2.09. The predicted molar refractivity (Wildman–Crippen MR) is 72.4 cm³/mol. The molecule has 0 amide bonds. The highest BCUT2D eigenvalue weighted by Gasteiger charge is 2.12. The van der Waals surface area contributed by atoms with E-state index in [9.17, 15) is 4.79 Å². The van der Waals surface area contributed by atoms with Crippen LogP contribution in [0.4, 0.5) is 0 Å². The Kier molecular flexibility index (Phi) is 3.78. The standard InChI is InChI=1S/C16H15O2/c1-12(2)18-16-14(11-17)9-6-10-15(16)13-7-4-3-5-8-13/h3-10,12H,1-2H3. The molecule has 1 radical (unpaired) electrons. The third-order valence-corrected chi connectivity index (χ3v) is 2.56. The van der Waals surface area contributed by atoms with Gasteiger partial charge in [-0.25, -0.2) is 0 Å². The van der Waals surface area contributed by atoms with E-state index in [1.165, 1.54) is 0 Å². The van der Waals surface area contributed by atoms with Crippen LogP contribution < -0.4 is 4.74 Å². The van der Waals surface area contributed by atoms with Gasteiger partial charge < -0.3 is 4.74 Å². The molecular formula is C16H15O2. The first-order valence-corrected chi connectivity index (χ1v) is 5.95. The van der Waals surface area contributed by atoms with Crippen LogP contribution in [0.25, 0.3) is 11.1 Å². The van der Waals surface area contributed by atoms with Gasteiger partial charge in [-0.2, -0.15) is 0 Å². The largest absolute Gasteiger partial charge is 0.490 e. The Morgan fingerprint density at radius 2 is 1.72 bits per heavy atom. The summed E-state index contributed by atoms with van der Waals surface area (Å²) in [5, 5.41) is 0. The van der Waals surface area contributed by atoms with Crippen molar-refractivity contribution in [2.24, 2.45) is 0 Å². The van der Waals surface area contributed by atoms with Crippen LogP contribution in [0, 0.1) is 0 Å². The minimum atomic E-state index is 0.0157. The molecule has 0 saturated heterocycles. The van der Waals surface area contributed by atoms with Crippen molar-refractivity contribution in [1.29, 1.82) is 0 Å². The van der Waals surface area contributed by atoms with Crippen LogP contribution in [0.15, 0.2) is 48.5 Å². The summed E-state index contributed by atoms with van der Waals surface area (Å²) in [7, 11) is 0. The smallest absolute Gasteiger partial charge is 0.237 e. The van der Waals surface area contributed by atoms with Gasteiger partial charge in [0.1, 0.15) is 5.75 Å². The molecule has 0 heterocycles. The van der Waals surface area contributed by atoms with Gasteiger partial charge in [-0.05, 0) is 25.5 Å². The Morgan fingerprint density at radius 1 is 1.00 bits per heavy atom. The summed E-state index contributed by atoms with van der Waals surface area (Å²) < 4.78 is 5.76. The zero-order valence-corrected chi connectivity index (χ0v) is 10.5. The maximum atomic E-state index is 11.0. The molecule has 0 aliphatic heterocycles. The molecule has 0 unspecified atom stereocenters. The van der Waals surface area contributed by atoms with Crippen molar-refractivity contribution in [3.05, 3.63) is 54.1 Å². The average Bonchev–Trinajstić information content (AvgIpc) is 2.39.